The van der Waals surface area contributed by atoms with E-state index in [-0.39, 0.29) is 12.0 Å². The summed E-state index contributed by atoms with van der Waals surface area (Å²) in [5.74, 6) is 1.61. The quantitative estimate of drug-likeness (QED) is 0.879. The highest BCUT2D eigenvalue weighted by Gasteiger charge is 2.28. The molecular weight excluding hydrogens is 335 g/mol. The molecule has 2 unspecified atom stereocenters. The van der Waals surface area contributed by atoms with Crippen LogP contribution in [-0.4, -0.2) is 43.1 Å². The maximum atomic E-state index is 12.3. The van der Waals surface area contributed by atoms with Crippen LogP contribution in [0.2, 0.25) is 10.0 Å². The Labute approximate surface area is 147 Å². The molecule has 126 valence electrons. The zero-order valence-corrected chi connectivity index (χ0v) is 14.6. The van der Waals surface area contributed by atoms with Gasteiger partial charge in [-0.2, -0.15) is 0 Å². The molecule has 2 fully saturated rings. The standard InChI is InChI=1S/C17H22Cl2N2O2/c18-15-3-2-13(9-16(15)19)23-14-6-8-21(11-14)17(22)4-1-12-5-7-20-10-12/h2-3,9,12,14,20H,1,4-8,10-11H2. The largest absolute Gasteiger partial charge is 0.488 e. The second-order valence-electron chi connectivity index (χ2n) is 6.34. The zero-order chi connectivity index (χ0) is 16.2. The second-order valence-corrected chi connectivity index (χ2v) is 7.16. The molecular formula is C17H22Cl2N2O2. The Balaban J connectivity index is 1.45. The van der Waals surface area contributed by atoms with E-state index in [0.29, 0.717) is 34.7 Å². The number of carbonyl (C=O) groups is 1. The van der Waals surface area contributed by atoms with Crippen LogP contribution in [-0.2, 0) is 4.79 Å². The van der Waals surface area contributed by atoms with Gasteiger partial charge in [0.15, 0.2) is 0 Å². The fraction of sp³-hybridized carbons (Fsp3) is 0.588. The highest BCUT2D eigenvalue weighted by Crippen LogP contribution is 2.28. The van der Waals surface area contributed by atoms with Gasteiger partial charge < -0.3 is 15.0 Å². The number of hydrogen-bond acceptors (Lipinski definition) is 3. The fourth-order valence-electron chi connectivity index (χ4n) is 3.24. The molecule has 2 heterocycles. The van der Waals surface area contributed by atoms with Crippen molar-refractivity contribution in [2.45, 2.75) is 31.8 Å². The van der Waals surface area contributed by atoms with Gasteiger partial charge in [-0.1, -0.05) is 23.2 Å². The summed E-state index contributed by atoms with van der Waals surface area (Å²) < 4.78 is 5.92. The van der Waals surface area contributed by atoms with Gasteiger partial charge in [-0.15, -0.1) is 0 Å². The summed E-state index contributed by atoms with van der Waals surface area (Å²) in [6.45, 7) is 3.56. The van der Waals surface area contributed by atoms with Crippen molar-refractivity contribution in [3.63, 3.8) is 0 Å². The molecule has 0 saturated carbocycles. The number of carbonyl (C=O) groups excluding carboxylic acids is 1. The number of benzene rings is 1. The number of rotatable bonds is 5. The highest BCUT2D eigenvalue weighted by atomic mass is 35.5. The van der Waals surface area contributed by atoms with Crippen molar-refractivity contribution < 1.29 is 9.53 Å². The first-order chi connectivity index (χ1) is 11.1. The first kappa shape index (κ1) is 16.9. The van der Waals surface area contributed by atoms with Crippen LogP contribution in [0.15, 0.2) is 18.2 Å². The predicted molar refractivity (Wildman–Crippen MR) is 92.3 cm³/mol. The van der Waals surface area contributed by atoms with Crippen LogP contribution in [0.4, 0.5) is 0 Å². The van der Waals surface area contributed by atoms with Crippen LogP contribution in [0, 0.1) is 5.92 Å². The summed E-state index contributed by atoms with van der Waals surface area (Å²) in [5, 5.41) is 4.35. The molecule has 1 aromatic rings. The minimum absolute atomic E-state index is 0.0318. The van der Waals surface area contributed by atoms with Crippen molar-refractivity contribution >= 4 is 29.1 Å². The van der Waals surface area contributed by atoms with E-state index in [1.165, 1.54) is 6.42 Å². The van der Waals surface area contributed by atoms with Gasteiger partial charge >= 0.3 is 0 Å². The Bertz CT molecular complexity index is 562. The van der Waals surface area contributed by atoms with E-state index < -0.39 is 0 Å². The average molecular weight is 357 g/mol. The minimum atomic E-state index is 0.0318. The Morgan fingerprint density at radius 1 is 1.30 bits per heavy atom. The van der Waals surface area contributed by atoms with Crippen molar-refractivity contribution in [2.75, 3.05) is 26.2 Å². The van der Waals surface area contributed by atoms with Gasteiger partial charge in [0.1, 0.15) is 11.9 Å². The SMILES string of the molecule is O=C(CCC1CCNC1)N1CCC(Oc2ccc(Cl)c(Cl)c2)C1. The van der Waals surface area contributed by atoms with E-state index in [4.69, 9.17) is 27.9 Å². The summed E-state index contributed by atoms with van der Waals surface area (Å²) in [6, 6.07) is 5.26. The lowest BCUT2D eigenvalue weighted by Crippen LogP contribution is -2.31. The molecule has 0 spiro atoms. The van der Waals surface area contributed by atoms with Gasteiger partial charge in [-0.05, 0) is 44.0 Å². The van der Waals surface area contributed by atoms with Crippen LogP contribution < -0.4 is 10.1 Å². The molecule has 2 saturated heterocycles. The van der Waals surface area contributed by atoms with Crippen molar-refractivity contribution in [3.8, 4) is 5.75 Å². The predicted octanol–water partition coefficient (Wildman–Crippen LogP) is 3.36. The normalized spacial score (nSPS) is 24.2. The smallest absolute Gasteiger partial charge is 0.222 e. The summed E-state index contributed by atoms with van der Waals surface area (Å²) in [4.78, 5) is 14.2. The summed E-state index contributed by atoms with van der Waals surface area (Å²) in [7, 11) is 0. The van der Waals surface area contributed by atoms with E-state index in [0.717, 1.165) is 32.5 Å². The molecule has 4 nitrogen and oxygen atoms in total. The third kappa shape index (κ3) is 4.52. The molecule has 1 N–H and O–H groups in total. The lowest BCUT2D eigenvalue weighted by molar-refractivity contribution is -0.130. The zero-order valence-electron chi connectivity index (χ0n) is 13.1. The third-order valence-electron chi connectivity index (χ3n) is 4.62. The lowest BCUT2D eigenvalue weighted by Gasteiger charge is -2.18. The summed E-state index contributed by atoms with van der Waals surface area (Å²) in [5.41, 5.74) is 0. The monoisotopic (exact) mass is 356 g/mol. The van der Waals surface area contributed by atoms with Crippen LogP contribution >= 0.6 is 23.2 Å². The summed E-state index contributed by atoms with van der Waals surface area (Å²) in [6.07, 6.45) is 3.71. The number of likely N-dealkylation sites (tertiary alicyclic amines) is 1. The number of hydrogen-bond donors (Lipinski definition) is 1. The topological polar surface area (TPSA) is 41.6 Å². The van der Waals surface area contributed by atoms with E-state index >= 15 is 0 Å². The number of nitrogens with one attached hydrogen (secondary N) is 1. The van der Waals surface area contributed by atoms with E-state index in [2.05, 4.69) is 5.32 Å². The maximum Gasteiger partial charge on any atom is 0.222 e. The van der Waals surface area contributed by atoms with Crippen LogP contribution in [0.5, 0.6) is 5.75 Å². The molecule has 2 atom stereocenters. The Hall–Kier alpha value is -0.970. The van der Waals surface area contributed by atoms with Gasteiger partial charge in [0.05, 0.1) is 16.6 Å². The van der Waals surface area contributed by atoms with Crippen molar-refractivity contribution in [2.24, 2.45) is 5.92 Å². The number of halogens is 2. The molecule has 2 aliphatic heterocycles. The minimum Gasteiger partial charge on any atom is -0.488 e. The highest BCUT2D eigenvalue weighted by molar-refractivity contribution is 6.42. The number of nitrogens with zero attached hydrogens (tertiary/aromatic N) is 1. The number of amides is 1. The molecule has 0 aromatic heterocycles. The first-order valence-corrected chi connectivity index (χ1v) is 8.97. The molecule has 1 amide bonds. The number of ether oxygens (including phenoxy) is 1. The molecule has 23 heavy (non-hydrogen) atoms. The van der Waals surface area contributed by atoms with Gasteiger partial charge in [0.25, 0.3) is 0 Å². The lowest BCUT2D eigenvalue weighted by atomic mass is 10.0. The van der Waals surface area contributed by atoms with Crippen LogP contribution in [0.25, 0.3) is 0 Å². The molecule has 3 rings (SSSR count). The van der Waals surface area contributed by atoms with Gasteiger partial charge in [0.2, 0.25) is 5.91 Å². The molecule has 6 heteroatoms. The van der Waals surface area contributed by atoms with Gasteiger partial charge in [0, 0.05) is 25.5 Å². The average Bonchev–Trinajstić information content (AvgIpc) is 3.20. The molecule has 0 bridgehead atoms. The van der Waals surface area contributed by atoms with E-state index in [1.807, 2.05) is 11.0 Å². The molecule has 2 aliphatic rings. The van der Waals surface area contributed by atoms with E-state index in [1.54, 1.807) is 12.1 Å². The fourth-order valence-corrected chi connectivity index (χ4v) is 3.53. The first-order valence-electron chi connectivity index (χ1n) is 8.22. The molecule has 0 radical (unpaired) electrons. The third-order valence-corrected chi connectivity index (χ3v) is 5.36. The Morgan fingerprint density at radius 2 is 2.17 bits per heavy atom. The van der Waals surface area contributed by atoms with E-state index in [9.17, 15) is 4.79 Å². The van der Waals surface area contributed by atoms with Gasteiger partial charge in [-0.3, -0.25) is 4.79 Å². The van der Waals surface area contributed by atoms with Crippen LogP contribution in [0.3, 0.4) is 0 Å². The Morgan fingerprint density at radius 3 is 2.91 bits per heavy atom. The second kappa shape index (κ2) is 7.73. The maximum absolute atomic E-state index is 12.3. The van der Waals surface area contributed by atoms with Crippen LogP contribution in [0.1, 0.15) is 25.7 Å². The molecule has 0 aliphatic carbocycles. The summed E-state index contributed by atoms with van der Waals surface area (Å²) >= 11 is 11.9. The van der Waals surface area contributed by atoms with Gasteiger partial charge in [-0.25, -0.2) is 0 Å². The van der Waals surface area contributed by atoms with Crippen molar-refractivity contribution in [1.82, 2.24) is 10.2 Å². The van der Waals surface area contributed by atoms with Crippen molar-refractivity contribution in [3.05, 3.63) is 28.2 Å². The van der Waals surface area contributed by atoms with Crippen molar-refractivity contribution in [1.29, 1.82) is 0 Å². The Kier molecular flexibility index (Phi) is 5.67. The molecule has 1 aromatic carbocycles.